The number of rotatable bonds is 5. The van der Waals surface area contributed by atoms with Gasteiger partial charge in [0, 0.05) is 12.2 Å². The van der Waals surface area contributed by atoms with E-state index in [9.17, 15) is 4.79 Å². The Bertz CT molecular complexity index is 608. The van der Waals surface area contributed by atoms with Gasteiger partial charge in [0.05, 0.1) is 0 Å². The molecule has 0 aromatic heterocycles. The lowest BCUT2D eigenvalue weighted by atomic mass is 10.1. The number of anilines is 1. The van der Waals surface area contributed by atoms with E-state index >= 15 is 0 Å². The number of carbonyl (C=O) groups is 1. The molecule has 110 valence electrons. The number of aryl methyl sites for hydroxylation is 2. The van der Waals surface area contributed by atoms with Gasteiger partial charge < -0.3 is 10.6 Å². The van der Waals surface area contributed by atoms with E-state index in [0.717, 1.165) is 11.3 Å². The molecule has 0 aliphatic heterocycles. The zero-order valence-corrected chi connectivity index (χ0v) is 12.8. The molecule has 0 aliphatic rings. The zero-order valence-electron chi connectivity index (χ0n) is 12.8. The van der Waals surface area contributed by atoms with Crippen LogP contribution < -0.4 is 10.6 Å². The van der Waals surface area contributed by atoms with Crippen LogP contribution in [0, 0.1) is 13.8 Å². The molecule has 1 atom stereocenters. The van der Waals surface area contributed by atoms with Crippen LogP contribution in [0.2, 0.25) is 0 Å². The molecule has 21 heavy (non-hydrogen) atoms. The maximum atomic E-state index is 12.1. The molecular weight excluding hydrogens is 260 g/mol. The minimum Gasteiger partial charge on any atom is -0.374 e. The van der Waals surface area contributed by atoms with Gasteiger partial charge in [0.2, 0.25) is 5.91 Å². The Morgan fingerprint density at radius 3 is 2.43 bits per heavy atom. The third-order valence-electron chi connectivity index (χ3n) is 3.59. The van der Waals surface area contributed by atoms with Crippen LogP contribution >= 0.6 is 0 Å². The SMILES string of the molecule is Cc1ccc(N[C@H](C)C(=O)NCc2ccccc2)cc1C. The fourth-order valence-electron chi connectivity index (χ4n) is 2.08. The van der Waals surface area contributed by atoms with Crippen molar-refractivity contribution < 1.29 is 4.79 Å². The van der Waals surface area contributed by atoms with Gasteiger partial charge in [-0.15, -0.1) is 0 Å². The Hall–Kier alpha value is -2.29. The normalized spacial score (nSPS) is 11.8. The highest BCUT2D eigenvalue weighted by Gasteiger charge is 2.12. The van der Waals surface area contributed by atoms with E-state index in [1.54, 1.807) is 0 Å². The summed E-state index contributed by atoms with van der Waals surface area (Å²) in [6.07, 6.45) is 0. The predicted octanol–water partition coefficient (Wildman–Crippen LogP) is 3.42. The van der Waals surface area contributed by atoms with E-state index in [4.69, 9.17) is 0 Å². The second-order valence-corrected chi connectivity index (χ2v) is 5.37. The number of hydrogen-bond donors (Lipinski definition) is 2. The summed E-state index contributed by atoms with van der Waals surface area (Å²) in [6, 6.07) is 15.8. The van der Waals surface area contributed by atoms with Crippen molar-refractivity contribution in [1.82, 2.24) is 5.32 Å². The molecule has 1 amide bonds. The molecule has 2 N–H and O–H groups in total. The maximum Gasteiger partial charge on any atom is 0.242 e. The van der Waals surface area contributed by atoms with Gasteiger partial charge in [-0.2, -0.15) is 0 Å². The Kier molecular flexibility index (Phi) is 4.99. The fourth-order valence-corrected chi connectivity index (χ4v) is 2.08. The lowest BCUT2D eigenvalue weighted by Crippen LogP contribution is -2.37. The van der Waals surface area contributed by atoms with Gasteiger partial charge in [-0.1, -0.05) is 36.4 Å². The van der Waals surface area contributed by atoms with Crippen LogP contribution in [0.25, 0.3) is 0 Å². The first-order chi connectivity index (χ1) is 10.1. The van der Waals surface area contributed by atoms with Crippen LogP contribution in [-0.2, 0) is 11.3 Å². The van der Waals surface area contributed by atoms with Crippen LogP contribution in [0.1, 0.15) is 23.6 Å². The van der Waals surface area contributed by atoms with Crippen molar-refractivity contribution in [1.29, 1.82) is 0 Å². The Labute approximate surface area is 126 Å². The van der Waals surface area contributed by atoms with Crippen LogP contribution in [0.4, 0.5) is 5.69 Å². The summed E-state index contributed by atoms with van der Waals surface area (Å²) in [7, 11) is 0. The maximum absolute atomic E-state index is 12.1. The number of nitrogens with one attached hydrogen (secondary N) is 2. The molecule has 0 aliphatic carbocycles. The molecular formula is C18H22N2O. The first-order valence-corrected chi connectivity index (χ1v) is 7.21. The third kappa shape index (κ3) is 4.35. The van der Waals surface area contributed by atoms with Crippen molar-refractivity contribution in [3.63, 3.8) is 0 Å². The van der Waals surface area contributed by atoms with E-state index < -0.39 is 0 Å². The monoisotopic (exact) mass is 282 g/mol. The third-order valence-corrected chi connectivity index (χ3v) is 3.59. The van der Waals surface area contributed by atoms with Crippen molar-refractivity contribution in [3.8, 4) is 0 Å². The molecule has 0 bridgehead atoms. The number of benzene rings is 2. The average molecular weight is 282 g/mol. The lowest BCUT2D eigenvalue weighted by Gasteiger charge is -2.16. The van der Waals surface area contributed by atoms with Gasteiger partial charge in [0.1, 0.15) is 6.04 Å². The summed E-state index contributed by atoms with van der Waals surface area (Å²) in [5.74, 6) is -0.00270. The predicted molar refractivity (Wildman–Crippen MR) is 87.3 cm³/mol. The van der Waals surface area contributed by atoms with E-state index in [1.165, 1.54) is 11.1 Å². The minimum atomic E-state index is -0.268. The Balaban J connectivity index is 1.88. The van der Waals surface area contributed by atoms with Crippen molar-refractivity contribution >= 4 is 11.6 Å². The standard InChI is InChI=1S/C18H22N2O/c1-13-9-10-17(11-14(13)2)20-15(3)18(21)19-12-16-7-5-4-6-8-16/h4-11,15,20H,12H2,1-3H3,(H,19,21)/t15-/m1/s1. The highest BCUT2D eigenvalue weighted by Crippen LogP contribution is 2.15. The number of carbonyl (C=O) groups excluding carboxylic acids is 1. The molecule has 0 unspecified atom stereocenters. The fraction of sp³-hybridized carbons (Fsp3) is 0.278. The summed E-state index contributed by atoms with van der Waals surface area (Å²) in [4.78, 5) is 12.1. The average Bonchev–Trinajstić information content (AvgIpc) is 2.49. The molecule has 2 rings (SSSR count). The molecule has 0 radical (unpaired) electrons. The molecule has 3 nitrogen and oxygen atoms in total. The summed E-state index contributed by atoms with van der Waals surface area (Å²) < 4.78 is 0. The second-order valence-electron chi connectivity index (χ2n) is 5.37. The van der Waals surface area contributed by atoms with Gasteiger partial charge in [0.15, 0.2) is 0 Å². The van der Waals surface area contributed by atoms with Crippen LogP contribution in [0.5, 0.6) is 0 Å². The van der Waals surface area contributed by atoms with Crippen molar-refractivity contribution in [2.24, 2.45) is 0 Å². The van der Waals surface area contributed by atoms with Crippen molar-refractivity contribution in [3.05, 3.63) is 65.2 Å². The van der Waals surface area contributed by atoms with Crippen LogP contribution in [-0.4, -0.2) is 11.9 Å². The molecule has 0 saturated heterocycles. The van der Waals surface area contributed by atoms with E-state index in [0.29, 0.717) is 6.54 Å². The van der Waals surface area contributed by atoms with E-state index in [-0.39, 0.29) is 11.9 Å². The van der Waals surface area contributed by atoms with Crippen LogP contribution in [0.3, 0.4) is 0 Å². The van der Waals surface area contributed by atoms with Gasteiger partial charge >= 0.3 is 0 Å². The number of amides is 1. The summed E-state index contributed by atoms with van der Waals surface area (Å²) >= 11 is 0. The minimum absolute atomic E-state index is 0.00270. The van der Waals surface area contributed by atoms with E-state index in [2.05, 4.69) is 36.6 Å². The summed E-state index contributed by atoms with van der Waals surface area (Å²) in [5, 5.41) is 6.18. The number of hydrogen-bond acceptors (Lipinski definition) is 2. The molecule has 0 spiro atoms. The quantitative estimate of drug-likeness (QED) is 0.882. The Morgan fingerprint density at radius 1 is 1.05 bits per heavy atom. The van der Waals surface area contributed by atoms with Crippen molar-refractivity contribution in [2.45, 2.75) is 33.4 Å². The molecule has 0 fully saturated rings. The van der Waals surface area contributed by atoms with Gasteiger partial charge in [0.25, 0.3) is 0 Å². The Morgan fingerprint density at radius 2 is 1.76 bits per heavy atom. The zero-order chi connectivity index (χ0) is 15.2. The lowest BCUT2D eigenvalue weighted by molar-refractivity contribution is -0.121. The first kappa shape index (κ1) is 15.1. The molecule has 3 heteroatoms. The van der Waals surface area contributed by atoms with Crippen molar-refractivity contribution in [2.75, 3.05) is 5.32 Å². The molecule has 2 aromatic rings. The molecule has 0 saturated carbocycles. The van der Waals surface area contributed by atoms with E-state index in [1.807, 2.05) is 43.3 Å². The van der Waals surface area contributed by atoms with Gasteiger partial charge in [-0.05, 0) is 49.6 Å². The van der Waals surface area contributed by atoms with Crippen LogP contribution in [0.15, 0.2) is 48.5 Å². The smallest absolute Gasteiger partial charge is 0.242 e. The largest absolute Gasteiger partial charge is 0.374 e. The first-order valence-electron chi connectivity index (χ1n) is 7.21. The van der Waals surface area contributed by atoms with Gasteiger partial charge in [-0.3, -0.25) is 4.79 Å². The van der Waals surface area contributed by atoms with Gasteiger partial charge in [-0.25, -0.2) is 0 Å². The summed E-state index contributed by atoms with van der Waals surface area (Å²) in [6.45, 7) is 6.57. The molecule has 2 aromatic carbocycles. The highest BCUT2D eigenvalue weighted by atomic mass is 16.2. The topological polar surface area (TPSA) is 41.1 Å². The summed E-state index contributed by atoms with van der Waals surface area (Å²) in [5.41, 5.74) is 4.54. The second kappa shape index (κ2) is 6.93. The highest BCUT2D eigenvalue weighted by molar-refractivity contribution is 5.84. The molecule has 0 heterocycles.